The van der Waals surface area contributed by atoms with Gasteiger partial charge < -0.3 is 16.0 Å². The number of rotatable bonds is 4. The van der Waals surface area contributed by atoms with E-state index >= 15 is 0 Å². The number of nitrogens with two attached hydrogens (primary N) is 1. The van der Waals surface area contributed by atoms with Crippen LogP contribution in [0.3, 0.4) is 0 Å². The van der Waals surface area contributed by atoms with Gasteiger partial charge >= 0.3 is 0 Å². The molecule has 3 N–H and O–H groups in total. The van der Waals surface area contributed by atoms with Crippen LogP contribution in [-0.4, -0.2) is 35.3 Å². The fourth-order valence-corrected chi connectivity index (χ4v) is 2.51. The number of para-hydroxylation sites is 1. The largest absolute Gasteiger partial charge is 0.373 e. The molecule has 20 heavy (non-hydrogen) atoms. The number of hydrogen-bond acceptors (Lipinski definition) is 3. The molecule has 5 heteroatoms. The van der Waals surface area contributed by atoms with Crippen molar-refractivity contribution in [2.75, 3.05) is 11.9 Å². The number of fused-ring (bicyclic) bond motifs is 1. The summed E-state index contributed by atoms with van der Waals surface area (Å²) in [5.74, 6) is -0.545. The molecule has 0 aliphatic carbocycles. The van der Waals surface area contributed by atoms with Gasteiger partial charge in [-0.1, -0.05) is 18.2 Å². The number of aryl methyl sites for hydroxylation is 1. The summed E-state index contributed by atoms with van der Waals surface area (Å²) in [4.78, 5) is 25.2. The van der Waals surface area contributed by atoms with E-state index in [-0.39, 0.29) is 24.5 Å². The van der Waals surface area contributed by atoms with Gasteiger partial charge in [0.15, 0.2) is 0 Å². The van der Waals surface area contributed by atoms with Gasteiger partial charge in [-0.15, -0.1) is 0 Å². The number of nitrogens with zero attached hydrogens (tertiary/aromatic N) is 1. The maximum Gasteiger partial charge on any atom is 0.245 e. The summed E-state index contributed by atoms with van der Waals surface area (Å²) in [6.07, 6.45) is 1.60. The van der Waals surface area contributed by atoms with Crippen LogP contribution in [0.4, 0.5) is 5.69 Å². The first-order valence-corrected chi connectivity index (χ1v) is 6.92. The molecule has 2 rings (SSSR count). The molecule has 0 radical (unpaired) electrons. The minimum atomic E-state index is -0.483. The minimum Gasteiger partial charge on any atom is -0.373 e. The fourth-order valence-electron chi connectivity index (χ4n) is 2.51. The van der Waals surface area contributed by atoms with E-state index in [0.29, 0.717) is 0 Å². The van der Waals surface area contributed by atoms with Crippen molar-refractivity contribution in [3.8, 4) is 0 Å². The van der Waals surface area contributed by atoms with E-state index in [1.807, 2.05) is 32.0 Å². The van der Waals surface area contributed by atoms with Crippen molar-refractivity contribution < 1.29 is 9.59 Å². The van der Waals surface area contributed by atoms with Crippen LogP contribution in [0.5, 0.6) is 0 Å². The Balaban J connectivity index is 2.11. The van der Waals surface area contributed by atoms with E-state index in [1.165, 1.54) is 10.5 Å². The second-order valence-corrected chi connectivity index (χ2v) is 5.42. The quantitative estimate of drug-likeness (QED) is 0.865. The van der Waals surface area contributed by atoms with Crippen molar-refractivity contribution in [3.63, 3.8) is 0 Å². The second kappa shape index (κ2) is 5.94. The molecule has 1 unspecified atom stereocenters. The van der Waals surface area contributed by atoms with Crippen molar-refractivity contribution in [1.82, 2.24) is 4.90 Å². The summed E-state index contributed by atoms with van der Waals surface area (Å²) < 4.78 is 0. The van der Waals surface area contributed by atoms with Crippen molar-refractivity contribution in [3.05, 3.63) is 29.8 Å². The lowest BCUT2D eigenvalue weighted by Gasteiger charge is -2.33. The summed E-state index contributed by atoms with van der Waals surface area (Å²) in [6.45, 7) is 3.74. The van der Waals surface area contributed by atoms with Crippen LogP contribution >= 0.6 is 0 Å². The van der Waals surface area contributed by atoms with Crippen LogP contribution in [0.15, 0.2) is 24.3 Å². The SMILES string of the molecule is CC(C)N(CC(N)=O)C(=O)C1CCc2ccccc2N1. The highest BCUT2D eigenvalue weighted by Crippen LogP contribution is 2.25. The summed E-state index contributed by atoms with van der Waals surface area (Å²) in [5.41, 5.74) is 7.45. The van der Waals surface area contributed by atoms with Gasteiger partial charge in [0.05, 0.1) is 6.54 Å². The Bertz CT molecular complexity index is 514. The van der Waals surface area contributed by atoms with Crippen molar-refractivity contribution in [2.45, 2.75) is 38.8 Å². The van der Waals surface area contributed by atoms with E-state index in [0.717, 1.165) is 18.5 Å². The number of primary amides is 1. The second-order valence-electron chi connectivity index (χ2n) is 5.42. The summed E-state index contributed by atoms with van der Waals surface area (Å²) in [6, 6.07) is 7.65. The van der Waals surface area contributed by atoms with Gasteiger partial charge in [0.2, 0.25) is 11.8 Å². The Kier molecular flexibility index (Phi) is 4.27. The number of carbonyl (C=O) groups excluding carboxylic acids is 2. The molecular weight excluding hydrogens is 254 g/mol. The lowest BCUT2D eigenvalue weighted by Crippen LogP contribution is -2.50. The lowest BCUT2D eigenvalue weighted by molar-refractivity contribution is -0.137. The normalized spacial score (nSPS) is 17.2. The predicted molar refractivity (Wildman–Crippen MR) is 78.2 cm³/mol. The summed E-state index contributed by atoms with van der Waals surface area (Å²) in [7, 11) is 0. The third kappa shape index (κ3) is 3.10. The number of anilines is 1. The van der Waals surface area contributed by atoms with Gasteiger partial charge in [-0.05, 0) is 38.3 Å². The summed E-state index contributed by atoms with van der Waals surface area (Å²) >= 11 is 0. The molecule has 2 amide bonds. The van der Waals surface area contributed by atoms with Gasteiger partial charge in [0.25, 0.3) is 0 Å². The minimum absolute atomic E-state index is 0.0314. The number of benzene rings is 1. The molecule has 1 atom stereocenters. The molecule has 1 aromatic carbocycles. The Morgan fingerprint density at radius 3 is 2.75 bits per heavy atom. The van der Waals surface area contributed by atoms with Crippen molar-refractivity contribution in [1.29, 1.82) is 0 Å². The van der Waals surface area contributed by atoms with E-state index in [4.69, 9.17) is 5.73 Å². The molecular formula is C15H21N3O2. The zero-order valence-corrected chi connectivity index (χ0v) is 11.9. The van der Waals surface area contributed by atoms with E-state index in [2.05, 4.69) is 11.4 Å². The van der Waals surface area contributed by atoms with Crippen LogP contribution < -0.4 is 11.1 Å². The molecule has 1 aliphatic rings. The van der Waals surface area contributed by atoms with E-state index < -0.39 is 5.91 Å². The average Bonchev–Trinajstić information content (AvgIpc) is 2.43. The van der Waals surface area contributed by atoms with Crippen LogP contribution in [0.25, 0.3) is 0 Å². The van der Waals surface area contributed by atoms with Crippen LogP contribution in [0.2, 0.25) is 0 Å². The number of amides is 2. The topological polar surface area (TPSA) is 75.4 Å². The lowest BCUT2D eigenvalue weighted by atomic mass is 9.97. The highest BCUT2D eigenvalue weighted by Gasteiger charge is 2.29. The fraction of sp³-hybridized carbons (Fsp3) is 0.467. The standard InChI is InChI=1S/C15H21N3O2/c1-10(2)18(9-14(16)19)15(20)13-8-7-11-5-3-4-6-12(11)17-13/h3-6,10,13,17H,7-9H2,1-2H3,(H2,16,19). The van der Waals surface area contributed by atoms with E-state index in [1.54, 1.807) is 0 Å². The maximum atomic E-state index is 12.5. The molecule has 0 saturated carbocycles. The molecule has 1 aromatic rings. The van der Waals surface area contributed by atoms with Gasteiger partial charge in [0.1, 0.15) is 6.04 Å². The molecule has 5 nitrogen and oxygen atoms in total. The number of nitrogens with one attached hydrogen (secondary N) is 1. The average molecular weight is 275 g/mol. The third-order valence-electron chi connectivity index (χ3n) is 3.58. The Morgan fingerprint density at radius 1 is 1.40 bits per heavy atom. The smallest absolute Gasteiger partial charge is 0.245 e. The Hall–Kier alpha value is -2.04. The zero-order chi connectivity index (χ0) is 14.7. The first-order chi connectivity index (χ1) is 9.49. The third-order valence-corrected chi connectivity index (χ3v) is 3.58. The Morgan fingerprint density at radius 2 is 2.10 bits per heavy atom. The molecule has 1 heterocycles. The van der Waals surface area contributed by atoms with E-state index in [9.17, 15) is 9.59 Å². The molecule has 0 aromatic heterocycles. The highest BCUT2D eigenvalue weighted by atomic mass is 16.2. The predicted octanol–water partition coefficient (Wildman–Crippen LogP) is 1.14. The first kappa shape index (κ1) is 14.4. The van der Waals surface area contributed by atoms with Crippen molar-refractivity contribution >= 4 is 17.5 Å². The maximum absolute atomic E-state index is 12.5. The first-order valence-electron chi connectivity index (χ1n) is 6.92. The van der Waals surface area contributed by atoms with Crippen LogP contribution in [-0.2, 0) is 16.0 Å². The highest BCUT2D eigenvalue weighted by molar-refractivity contribution is 5.89. The monoisotopic (exact) mass is 275 g/mol. The van der Waals surface area contributed by atoms with Crippen LogP contribution in [0, 0.1) is 0 Å². The molecule has 0 spiro atoms. The Labute approximate surface area is 119 Å². The van der Waals surface area contributed by atoms with Crippen LogP contribution in [0.1, 0.15) is 25.8 Å². The van der Waals surface area contributed by atoms with Gasteiger partial charge in [-0.2, -0.15) is 0 Å². The molecule has 0 saturated heterocycles. The molecule has 108 valence electrons. The van der Waals surface area contributed by atoms with Crippen molar-refractivity contribution in [2.24, 2.45) is 5.73 Å². The van der Waals surface area contributed by atoms with Gasteiger partial charge in [0, 0.05) is 11.7 Å². The number of carbonyl (C=O) groups is 2. The summed E-state index contributed by atoms with van der Waals surface area (Å²) in [5, 5.41) is 3.26. The molecule has 0 fully saturated rings. The van der Waals surface area contributed by atoms with Gasteiger partial charge in [-0.25, -0.2) is 0 Å². The number of hydrogen-bond donors (Lipinski definition) is 2. The zero-order valence-electron chi connectivity index (χ0n) is 11.9. The molecule has 0 bridgehead atoms. The van der Waals surface area contributed by atoms with Gasteiger partial charge in [-0.3, -0.25) is 9.59 Å². The molecule has 1 aliphatic heterocycles.